The normalized spacial score (nSPS) is 12.2. The Balaban J connectivity index is 2.75. The predicted molar refractivity (Wildman–Crippen MR) is 51.5 cm³/mol. The fourth-order valence-corrected chi connectivity index (χ4v) is 1.58. The summed E-state index contributed by atoms with van der Waals surface area (Å²) in [7, 11) is 0. The van der Waals surface area contributed by atoms with Crippen LogP contribution in [0.2, 0.25) is 0 Å². The van der Waals surface area contributed by atoms with Gasteiger partial charge in [0.25, 0.3) is 5.43 Å². The number of aliphatic hydroxyl groups is 1. The first-order valence-corrected chi connectivity index (χ1v) is 4.57. The Morgan fingerprint density at radius 2 is 1.78 bits per heavy atom. The van der Waals surface area contributed by atoms with Crippen LogP contribution in [-0.4, -0.2) is 20.4 Å². The standard InChI is InChI=1S/C9H5F3N2O4/c10-9(11,12)8-3(2(1-15)13-14-8)4-5(16)7(18)6(4)17/h15-16H,1H2,(H,13,14). The molecule has 0 spiro atoms. The van der Waals surface area contributed by atoms with Crippen molar-refractivity contribution in [3.63, 3.8) is 0 Å². The Morgan fingerprint density at radius 1 is 1.17 bits per heavy atom. The number of aromatic hydroxyl groups is 1. The fraction of sp³-hybridized carbons (Fsp3) is 0.222. The van der Waals surface area contributed by atoms with Crippen LogP contribution in [0.15, 0.2) is 9.59 Å². The Kier molecular flexibility index (Phi) is 2.51. The highest BCUT2D eigenvalue weighted by Gasteiger charge is 2.41. The molecule has 0 aliphatic rings. The average Bonchev–Trinajstić information content (AvgIpc) is 2.72. The maximum absolute atomic E-state index is 12.6. The molecule has 6 nitrogen and oxygen atoms in total. The van der Waals surface area contributed by atoms with Crippen molar-refractivity contribution in [2.75, 3.05) is 0 Å². The highest BCUT2D eigenvalue weighted by atomic mass is 19.4. The zero-order valence-electron chi connectivity index (χ0n) is 8.50. The van der Waals surface area contributed by atoms with Crippen molar-refractivity contribution in [3.05, 3.63) is 31.8 Å². The van der Waals surface area contributed by atoms with Crippen molar-refractivity contribution in [2.24, 2.45) is 0 Å². The lowest BCUT2D eigenvalue weighted by Gasteiger charge is -2.09. The van der Waals surface area contributed by atoms with Gasteiger partial charge in [-0.2, -0.15) is 18.3 Å². The summed E-state index contributed by atoms with van der Waals surface area (Å²) in [5, 5.41) is 22.9. The van der Waals surface area contributed by atoms with Crippen molar-refractivity contribution in [1.29, 1.82) is 0 Å². The SMILES string of the molecule is O=c1c(O)c(-c2c(C(F)(F)F)n[nH]c2CO)c1=O. The van der Waals surface area contributed by atoms with Gasteiger partial charge < -0.3 is 10.2 Å². The summed E-state index contributed by atoms with van der Waals surface area (Å²) in [6.07, 6.45) is -4.88. The third-order valence-corrected chi connectivity index (χ3v) is 2.40. The van der Waals surface area contributed by atoms with Crippen LogP contribution in [-0.2, 0) is 12.8 Å². The molecule has 0 fully saturated rings. The topological polar surface area (TPSA) is 103 Å². The zero-order chi connectivity index (χ0) is 13.7. The molecule has 1 aromatic carbocycles. The Hall–Kier alpha value is -2.16. The van der Waals surface area contributed by atoms with Gasteiger partial charge in [-0.05, 0) is 0 Å². The number of hydrogen-bond acceptors (Lipinski definition) is 5. The maximum Gasteiger partial charge on any atom is 0.435 e. The number of nitrogens with one attached hydrogen (secondary N) is 1. The molecular formula is C9H5F3N2O4. The Morgan fingerprint density at radius 3 is 2.22 bits per heavy atom. The Labute approximate surface area is 96.0 Å². The van der Waals surface area contributed by atoms with Gasteiger partial charge in [0.2, 0.25) is 5.43 Å². The van der Waals surface area contributed by atoms with Crippen molar-refractivity contribution in [3.8, 4) is 16.9 Å². The number of aromatic amines is 1. The lowest BCUT2D eigenvalue weighted by atomic mass is 9.97. The molecule has 0 radical (unpaired) electrons. The van der Waals surface area contributed by atoms with Crippen LogP contribution in [0.4, 0.5) is 13.2 Å². The van der Waals surface area contributed by atoms with Crippen molar-refractivity contribution < 1.29 is 23.4 Å². The minimum atomic E-state index is -4.88. The van der Waals surface area contributed by atoms with E-state index >= 15 is 0 Å². The molecule has 9 heteroatoms. The molecule has 2 aromatic rings. The fourth-order valence-electron chi connectivity index (χ4n) is 1.58. The van der Waals surface area contributed by atoms with Gasteiger partial charge in [0, 0.05) is 5.56 Å². The van der Waals surface area contributed by atoms with Gasteiger partial charge in [0.05, 0.1) is 17.9 Å². The number of alkyl halides is 3. The van der Waals surface area contributed by atoms with Crippen LogP contribution >= 0.6 is 0 Å². The van der Waals surface area contributed by atoms with E-state index in [0.29, 0.717) is 0 Å². The minimum absolute atomic E-state index is 0.398. The van der Waals surface area contributed by atoms with Gasteiger partial charge in [-0.1, -0.05) is 0 Å². The van der Waals surface area contributed by atoms with Gasteiger partial charge in [0.1, 0.15) is 0 Å². The van der Waals surface area contributed by atoms with E-state index in [1.165, 1.54) is 0 Å². The van der Waals surface area contributed by atoms with E-state index in [-0.39, 0.29) is 0 Å². The van der Waals surface area contributed by atoms with E-state index in [1.807, 2.05) is 5.10 Å². The number of hydrogen-bond donors (Lipinski definition) is 3. The lowest BCUT2D eigenvalue weighted by molar-refractivity contribution is -0.140. The van der Waals surface area contributed by atoms with Crippen LogP contribution < -0.4 is 10.9 Å². The van der Waals surface area contributed by atoms with E-state index < -0.39 is 51.9 Å². The van der Waals surface area contributed by atoms with Crippen LogP contribution in [0.25, 0.3) is 11.1 Å². The molecule has 0 aliphatic carbocycles. The maximum atomic E-state index is 12.6. The van der Waals surface area contributed by atoms with E-state index in [0.717, 1.165) is 0 Å². The largest absolute Gasteiger partial charge is 0.503 e. The number of H-pyrrole nitrogens is 1. The molecule has 0 amide bonds. The molecule has 96 valence electrons. The molecular weight excluding hydrogens is 257 g/mol. The first-order valence-electron chi connectivity index (χ1n) is 4.57. The van der Waals surface area contributed by atoms with Crippen molar-refractivity contribution >= 4 is 0 Å². The summed E-state index contributed by atoms with van der Waals surface area (Å²) in [6.45, 7) is -0.851. The number of aromatic nitrogens is 2. The Bertz CT molecular complexity index is 679. The molecule has 0 unspecified atom stereocenters. The summed E-state index contributed by atoms with van der Waals surface area (Å²) >= 11 is 0. The number of halogens is 3. The van der Waals surface area contributed by atoms with E-state index in [4.69, 9.17) is 10.2 Å². The summed E-state index contributed by atoms with van der Waals surface area (Å²) in [5.41, 5.74) is -5.92. The first kappa shape index (κ1) is 12.3. The number of rotatable bonds is 2. The quantitative estimate of drug-likeness (QED) is 0.655. The van der Waals surface area contributed by atoms with Gasteiger partial charge in [0.15, 0.2) is 11.4 Å². The van der Waals surface area contributed by atoms with Gasteiger partial charge >= 0.3 is 6.18 Å². The molecule has 0 aliphatic heterocycles. The van der Waals surface area contributed by atoms with E-state index in [1.54, 1.807) is 0 Å². The molecule has 18 heavy (non-hydrogen) atoms. The number of aliphatic hydroxyl groups excluding tert-OH is 1. The summed E-state index contributed by atoms with van der Waals surface area (Å²) < 4.78 is 37.8. The zero-order valence-corrected chi connectivity index (χ0v) is 8.50. The molecule has 2 rings (SSSR count). The molecule has 0 bridgehead atoms. The second kappa shape index (κ2) is 3.67. The predicted octanol–water partition coefficient (Wildman–Crippen LogP) is -0.111. The second-order valence-electron chi connectivity index (χ2n) is 3.46. The monoisotopic (exact) mass is 262 g/mol. The first-order chi connectivity index (χ1) is 8.29. The van der Waals surface area contributed by atoms with Crippen LogP contribution in [0.5, 0.6) is 5.75 Å². The highest BCUT2D eigenvalue weighted by molar-refractivity contribution is 5.77. The van der Waals surface area contributed by atoms with E-state index in [2.05, 4.69) is 5.10 Å². The van der Waals surface area contributed by atoms with Crippen molar-refractivity contribution in [1.82, 2.24) is 10.2 Å². The van der Waals surface area contributed by atoms with E-state index in [9.17, 15) is 22.8 Å². The molecule has 0 saturated carbocycles. The van der Waals surface area contributed by atoms with Gasteiger partial charge in [-0.25, -0.2) is 0 Å². The second-order valence-corrected chi connectivity index (χ2v) is 3.46. The third kappa shape index (κ3) is 1.51. The average molecular weight is 262 g/mol. The molecule has 0 atom stereocenters. The smallest absolute Gasteiger partial charge is 0.435 e. The van der Waals surface area contributed by atoms with Crippen LogP contribution in [0, 0.1) is 0 Å². The van der Waals surface area contributed by atoms with Gasteiger partial charge in [-0.15, -0.1) is 0 Å². The van der Waals surface area contributed by atoms with Crippen LogP contribution in [0.3, 0.4) is 0 Å². The summed E-state index contributed by atoms with van der Waals surface area (Å²) in [4.78, 5) is 22.0. The van der Waals surface area contributed by atoms with Crippen molar-refractivity contribution in [2.45, 2.75) is 12.8 Å². The molecule has 3 N–H and O–H groups in total. The van der Waals surface area contributed by atoms with Crippen LogP contribution in [0.1, 0.15) is 11.4 Å². The third-order valence-electron chi connectivity index (χ3n) is 2.40. The highest BCUT2D eigenvalue weighted by Crippen LogP contribution is 2.38. The minimum Gasteiger partial charge on any atom is -0.503 e. The molecule has 1 aromatic heterocycles. The summed E-state index contributed by atoms with van der Waals surface area (Å²) in [5.74, 6) is -1.05. The number of nitrogens with zero attached hydrogens (tertiary/aromatic N) is 1. The molecule has 0 saturated heterocycles. The van der Waals surface area contributed by atoms with Gasteiger partial charge in [-0.3, -0.25) is 14.7 Å². The molecule has 1 heterocycles. The lowest BCUT2D eigenvalue weighted by Crippen LogP contribution is -2.32. The summed E-state index contributed by atoms with van der Waals surface area (Å²) in [6, 6.07) is 0.